The van der Waals surface area contributed by atoms with E-state index in [4.69, 9.17) is 4.74 Å². The maximum absolute atomic E-state index is 12.8. The molecule has 2 fully saturated rings. The third-order valence-corrected chi connectivity index (χ3v) is 3.46. The molecule has 2 aliphatic heterocycles. The molecule has 0 radical (unpaired) electrons. The molecular formula is C13H17FN2O. The van der Waals surface area contributed by atoms with Crippen LogP contribution in [0.2, 0.25) is 0 Å². The summed E-state index contributed by atoms with van der Waals surface area (Å²) >= 11 is 0. The number of fused-ring (bicyclic) bond motifs is 2. The summed E-state index contributed by atoms with van der Waals surface area (Å²) in [6.45, 7) is 1.61. The summed E-state index contributed by atoms with van der Waals surface area (Å²) in [7, 11) is 0. The standard InChI is InChI=1S/C13H17FN2O/c14-9-1-3-10(4-2-9)15-11-5-12-7-17-8-13(6-11)16-12/h1-4,11-13,15-16H,5-8H2/t11-,12+,13-. The van der Waals surface area contributed by atoms with Crippen LogP contribution in [0.1, 0.15) is 12.8 Å². The van der Waals surface area contributed by atoms with Crippen molar-refractivity contribution in [3.8, 4) is 0 Å². The molecule has 3 rings (SSSR count). The second-order valence-electron chi connectivity index (χ2n) is 4.92. The van der Waals surface area contributed by atoms with Crippen LogP contribution in [0.5, 0.6) is 0 Å². The van der Waals surface area contributed by atoms with Gasteiger partial charge in [0.25, 0.3) is 0 Å². The molecule has 1 aromatic carbocycles. The monoisotopic (exact) mass is 236 g/mol. The average Bonchev–Trinajstić information content (AvgIpc) is 2.32. The Bertz CT molecular complexity index is 370. The van der Waals surface area contributed by atoms with E-state index >= 15 is 0 Å². The highest BCUT2D eigenvalue weighted by molar-refractivity contribution is 5.44. The lowest BCUT2D eigenvalue weighted by atomic mass is 9.92. The van der Waals surface area contributed by atoms with Gasteiger partial charge in [0, 0.05) is 23.8 Å². The van der Waals surface area contributed by atoms with Crippen molar-refractivity contribution in [2.24, 2.45) is 0 Å². The average molecular weight is 236 g/mol. The maximum atomic E-state index is 12.8. The third-order valence-electron chi connectivity index (χ3n) is 3.46. The molecular weight excluding hydrogens is 219 g/mol. The van der Waals surface area contributed by atoms with Gasteiger partial charge in [-0.15, -0.1) is 0 Å². The van der Waals surface area contributed by atoms with Crippen molar-refractivity contribution in [3.05, 3.63) is 30.1 Å². The predicted molar refractivity (Wildman–Crippen MR) is 64.6 cm³/mol. The van der Waals surface area contributed by atoms with Crippen LogP contribution in [-0.2, 0) is 4.74 Å². The van der Waals surface area contributed by atoms with Gasteiger partial charge < -0.3 is 15.4 Å². The number of anilines is 1. The zero-order valence-corrected chi connectivity index (χ0v) is 9.66. The number of hydrogen-bond acceptors (Lipinski definition) is 3. The van der Waals surface area contributed by atoms with E-state index in [2.05, 4.69) is 10.6 Å². The molecule has 0 aromatic heterocycles. The van der Waals surface area contributed by atoms with Crippen LogP contribution >= 0.6 is 0 Å². The summed E-state index contributed by atoms with van der Waals surface area (Å²) in [6, 6.07) is 7.95. The normalized spacial score (nSPS) is 32.2. The van der Waals surface area contributed by atoms with Gasteiger partial charge in [0.15, 0.2) is 0 Å². The van der Waals surface area contributed by atoms with Crippen molar-refractivity contribution in [1.82, 2.24) is 5.32 Å². The van der Waals surface area contributed by atoms with Gasteiger partial charge in [0.2, 0.25) is 0 Å². The van der Waals surface area contributed by atoms with Crippen LogP contribution in [0.4, 0.5) is 10.1 Å². The Balaban J connectivity index is 1.63. The SMILES string of the molecule is Fc1ccc(N[C@@H]2C[C@H]3COC[C@@H](C2)N3)cc1. The van der Waals surface area contributed by atoms with Gasteiger partial charge in [0.1, 0.15) is 5.82 Å². The van der Waals surface area contributed by atoms with Crippen LogP contribution in [0.15, 0.2) is 24.3 Å². The molecule has 4 heteroatoms. The van der Waals surface area contributed by atoms with Gasteiger partial charge in [0.05, 0.1) is 13.2 Å². The van der Waals surface area contributed by atoms with Gasteiger partial charge >= 0.3 is 0 Å². The topological polar surface area (TPSA) is 33.3 Å². The zero-order valence-electron chi connectivity index (χ0n) is 9.66. The first kappa shape index (κ1) is 11.0. The number of morpholine rings is 1. The Hall–Kier alpha value is -1.13. The molecule has 0 saturated carbocycles. The molecule has 3 atom stereocenters. The molecule has 17 heavy (non-hydrogen) atoms. The Morgan fingerprint density at radius 2 is 1.76 bits per heavy atom. The number of benzene rings is 1. The first-order valence-electron chi connectivity index (χ1n) is 6.15. The van der Waals surface area contributed by atoms with Gasteiger partial charge in [-0.25, -0.2) is 4.39 Å². The number of halogens is 1. The van der Waals surface area contributed by atoms with Crippen molar-refractivity contribution in [3.63, 3.8) is 0 Å². The quantitative estimate of drug-likeness (QED) is 0.821. The van der Waals surface area contributed by atoms with Crippen LogP contribution < -0.4 is 10.6 Å². The predicted octanol–water partition coefficient (Wildman–Crippen LogP) is 1.76. The molecule has 2 aliphatic rings. The first-order chi connectivity index (χ1) is 8.29. The second-order valence-corrected chi connectivity index (χ2v) is 4.92. The minimum absolute atomic E-state index is 0.189. The largest absolute Gasteiger partial charge is 0.382 e. The fourth-order valence-corrected chi connectivity index (χ4v) is 2.74. The molecule has 92 valence electrons. The summed E-state index contributed by atoms with van der Waals surface area (Å²) in [5, 5.41) is 7.03. The van der Waals surface area contributed by atoms with Crippen molar-refractivity contribution in [2.75, 3.05) is 18.5 Å². The Labute approximate surface area is 100 Å². The number of piperidine rings is 1. The highest BCUT2D eigenvalue weighted by Crippen LogP contribution is 2.22. The van der Waals surface area contributed by atoms with E-state index in [1.54, 1.807) is 12.1 Å². The van der Waals surface area contributed by atoms with E-state index in [-0.39, 0.29) is 5.82 Å². The maximum Gasteiger partial charge on any atom is 0.123 e. The lowest BCUT2D eigenvalue weighted by Gasteiger charge is -2.40. The van der Waals surface area contributed by atoms with Crippen LogP contribution in [-0.4, -0.2) is 31.3 Å². The second kappa shape index (κ2) is 4.63. The minimum atomic E-state index is -0.189. The highest BCUT2D eigenvalue weighted by Gasteiger charge is 2.31. The fraction of sp³-hybridized carbons (Fsp3) is 0.538. The van der Waals surface area contributed by atoms with E-state index in [0.29, 0.717) is 18.1 Å². The van der Waals surface area contributed by atoms with Crippen LogP contribution in [0.25, 0.3) is 0 Å². The van der Waals surface area contributed by atoms with Gasteiger partial charge in [-0.3, -0.25) is 0 Å². The van der Waals surface area contributed by atoms with Crippen LogP contribution in [0.3, 0.4) is 0 Å². The lowest BCUT2D eigenvalue weighted by molar-refractivity contribution is 0.0207. The number of hydrogen-bond donors (Lipinski definition) is 2. The molecule has 2 bridgehead atoms. The first-order valence-corrected chi connectivity index (χ1v) is 6.15. The number of nitrogens with one attached hydrogen (secondary N) is 2. The van der Waals surface area contributed by atoms with E-state index in [1.165, 1.54) is 12.1 Å². The summed E-state index contributed by atoms with van der Waals surface area (Å²) in [5.41, 5.74) is 0.997. The van der Waals surface area contributed by atoms with E-state index in [9.17, 15) is 4.39 Å². The Morgan fingerprint density at radius 1 is 1.12 bits per heavy atom. The summed E-state index contributed by atoms with van der Waals surface area (Å²) in [5.74, 6) is -0.189. The number of rotatable bonds is 2. The molecule has 0 unspecified atom stereocenters. The summed E-state index contributed by atoms with van der Waals surface area (Å²) < 4.78 is 18.3. The van der Waals surface area contributed by atoms with Crippen molar-refractivity contribution < 1.29 is 9.13 Å². The number of ether oxygens (including phenoxy) is 1. The molecule has 2 N–H and O–H groups in total. The molecule has 2 heterocycles. The van der Waals surface area contributed by atoms with Gasteiger partial charge in [-0.2, -0.15) is 0 Å². The molecule has 0 aliphatic carbocycles. The highest BCUT2D eigenvalue weighted by atomic mass is 19.1. The third kappa shape index (κ3) is 2.58. The smallest absolute Gasteiger partial charge is 0.123 e. The molecule has 1 aromatic rings. The van der Waals surface area contributed by atoms with Crippen molar-refractivity contribution in [2.45, 2.75) is 31.0 Å². The molecule has 0 amide bonds. The molecule has 3 nitrogen and oxygen atoms in total. The zero-order chi connectivity index (χ0) is 11.7. The summed E-state index contributed by atoms with van der Waals surface area (Å²) in [4.78, 5) is 0. The van der Waals surface area contributed by atoms with E-state index in [0.717, 1.165) is 31.7 Å². The van der Waals surface area contributed by atoms with E-state index in [1.807, 2.05) is 0 Å². The van der Waals surface area contributed by atoms with E-state index < -0.39 is 0 Å². The lowest BCUT2D eigenvalue weighted by Crippen LogP contribution is -2.56. The Morgan fingerprint density at radius 3 is 2.41 bits per heavy atom. The van der Waals surface area contributed by atoms with Crippen LogP contribution in [0, 0.1) is 5.82 Å². The molecule has 2 saturated heterocycles. The fourth-order valence-electron chi connectivity index (χ4n) is 2.74. The molecule has 0 spiro atoms. The van der Waals surface area contributed by atoms with Gasteiger partial charge in [-0.05, 0) is 37.1 Å². The summed E-state index contributed by atoms with van der Waals surface area (Å²) in [6.07, 6.45) is 2.13. The van der Waals surface area contributed by atoms with Gasteiger partial charge in [-0.1, -0.05) is 0 Å². The Kier molecular flexibility index (Phi) is 2.99. The van der Waals surface area contributed by atoms with Crippen molar-refractivity contribution in [1.29, 1.82) is 0 Å². The van der Waals surface area contributed by atoms with Crippen molar-refractivity contribution >= 4 is 5.69 Å². The minimum Gasteiger partial charge on any atom is -0.382 e.